The maximum atomic E-state index is 5.32. The van der Waals surface area contributed by atoms with Gasteiger partial charge in [0.25, 0.3) is 0 Å². The minimum atomic E-state index is 0.702. The summed E-state index contributed by atoms with van der Waals surface area (Å²) in [7, 11) is 1.82. The van der Waals surface area contributed by atoms with E-state index in [-0.39, 0.29) is 0 Å². The molecule has 2 aliphatic carbocycles. The monoisotopic (exact) mass is 254 g/mol. The molecule has 2 rings (SSSR count). The number of nitrogens with one attached hydrogen (secondary N) is 1. The molecule has 3 heteroatoms. The Morgan fingerprint density at radius 1 is 1.28 bits per heavy atom. The van der Waals surface area contributed by atoms with Crippen molar-refractivity contribution < 1.29 is 4.74 Å². The number of likely N-dealkylation sites (N-methyl/N-ethyl adjacent to an activating group) is 1. The molecule has 3 atom stereocenters. The molecule has 2 saturated carbocycles. The molecule has 2 fully saturated rings. The van der Waals surface area contributed by atoms with Crippen LogP contribution >= 0.6 is 0 Å². The van der Waals surface area contributed by atoms with Crippen LogP contribution in [0.4, 0.5) is 0 Å². The first kappa shape index (κ1) is 14.3. The van der Waals surface area contributed by atoms with E-state index in [1.807, 2.05) is 7.11 Å². The molecule has 2 aliphatic rings. The van der Waals surface area contributed by atoms with Gasteiger partial charge >= 0.3 is 0 Å². The molecule has 0 amide bonds. The summed E-state index contributed by atoms with van der Waals surface area (Å²) < 4.78 is 5.32. The highest BCUT2D eigenvalue weighted by Gasteiger charge is 2.39. The van der Waals surface area contributed by atoms with Crippen LogP contribution in [0.15, 0.2) is 0 Å². The largest absolute Gasteiger partial charge is 0.383 e. The fraction of sp³-hybridized carbons (Fsp3) is 1.00. The molecule has 3 unspecified atom stereocenters. The van der Waals surface area contributed by atoms with Gasteiger partial charge in [0.2, 0.25) is 0 Å². The molecule has 0 aromatic carbocycles. The van der Waals surface area contributed by atoms with Gasteiger partial charge in [0.1, 0.15) is 0 Å². The van der Waals surface area contributed by atoms with Crippen LogP contribution in [0.5, 0.6) is 0 Å². The smallest absolute Gasteiger partial charge is 0.0589 e. The van der Waals surface area contributed by atoms with Gasteiger partial charge in [-0.3, -0.25) is 4.90 Å². The Balaban J connectivity index is 1.96. The first-order chi connectivity index (χ1) is 8.77. The number of nitrogens with zero attached hydrogens (tertiary/aromatic N) is 1. The van der Waals surface area contributed by atoms with Crippen LogP contribution in [0.25, 0.3) is 0 Å². The first-order valence-corrected chi connectivity index (χ1v) is 7.76. The summed E-state index contributed by atoms with van der Waals surface area (Å²) >= 11 is 0. The Hall–Kier alpha value is -0.120. The highest BCUT2D eigenvalue weighted by atomic mass is 16.5. The van der Waals surface area contributed by atoms with Crippen molar-refractivity contribution in [1.29, 1.82) is 0 Å². The molecular weight excluding hydrogens is 224 g/mol. The van der Waals surface area contributed by atoms with Crippen molar-refractivity contribution in [2.24, 2.45) is 5.92 Å². The van der Waals surface area contributed by atoms with E-state index in [0.29, 0.717) is 6.04 Å². The Bertz CT molecular complexity index is 243. The van der Waals surface area contributed by atoms with Crippen molar-refractivity contribution in [3.63, 3.8) is 0 Å². The summed E-state index contributed by atoms with van der Waals surface area (Å²) in [6.45, 7) is 7.71. The van der Waals surface area contributed by atoms with E-state index < -0.39 is 0 Å². The summed E-state index contributed by atoms with van der Waals surface area (Å²) in [5, 5.41) is 3.68. The predicted molar refractivity (Wildman–Crippen MR) is 75.9 cm³/mol. The standard InChI is InChI=1S/C15H30N2O/c1-4-16-14-6-5-7-15(14)17(10-11-18-3)12(2)13-8-9-13/h12-16H,4-11H2,1-3H3. The third-order valence-corrected chi connectivity index (χ3v) is 4.75. The topological polar surface area (TPSA) is 24.5 Å². The third-order valence-electron chi connectivity index (χ3n) is 4.75. The Labute approximate surface area is 112 Å². The number of hydrogen-bond donors (Lipinski definition) is 1. The van der Waals surface area contributed by atoms with Gasteiger partial charge in [-0.25, -0.2) is 0 Å². The van der Waals surface area contributed by atoms with Crippen LogP contribution in [0.1, 0.15) is 46.0 Å². The number of ether oxygens (including phenoxy) is 1. The van der Waals surface area contributed by atoms with Crippen LogP contribution in [0.3, 0.4) is 0 Å². The molecule has 106 valence electrons. The normalized spacial score (nSPS) is 30.0. The number of rotatable bonds is 8. The lowest BCUT2D eigenvalue weighted by Gasteiger charge is -2.38. The second-order valence-corrected chi connectivity index (χ2v) is 5.97. The zero-order valence-electron chi connectivity index (χ0n) is 12.3. The maximum absolute atomic E-state index is 5.32. The lowest BCUT2D eigenvalue weighted by atomic mass is 10.1. The summed E-state index contributed by atoms with van der Waals surface area (Å²) in [5.74, 6) is 0.949. The van der Waals surface area contributed by atoms with E-state index in [2.05, 4.69) is 24.1 Å². The quantitative estimate of drug-likeness (QED) is 0.719. The minimum Gasteiger partial charge on any atom is -0.383 e. The average molecular weight is 254 g/mol. The lowest BCUT2D eigenvalue weighted by molar-refractivity contribution is 0.0724. The van der Waals surface area contributed by atoms with Gasteiger partial charge in [0.15, 0.2) is 0 Å². The number of methoxy groups -OCH3 is 1. The van der Waals surface area contributed by atoms with E-state index >= 15 is 0 Å². The summed E-state index contributed by atoms with van der Waals surface area (Å²) in [5.41, 5.74) is 0. The van der Waals surface area contributed by atoms with Gasteiger partial charge in [0.05, 0.1) is 6.61 Å². The van der Waals surface area contributed by atoms with Gasteiger partial charge in [-0.05, 0) is 45.1 Å². The van der Waals surface area contributed by atoms with E-state index in [4.69, 9.17) is 4.74 Å². The van der Waals surface area contributed by atoms with Gasteiger partial charge in [-0.1, -0.05) is 13.3 Å². The summed E-state index contributed by atoms with van der Waals surface area (Å²) in [6.07, 6.45) is 6.95. The van der Waals surface area contributed by atoms with Crippen molar-refractivity contribution in [3.05, 3.63) is 0 Å². The van der Waals surface area contributed by atoms with E-state index in [0.717, 1.165) is 37.7 Å². The maximum Gasteiger partial charge on any atom is 0.0589 e. The highest BCUT2D eigenvalue weighted by molar-refractivity contribution is 4.95. The molecule has 0 heterocycles. The van der Waals surface area contributed by atoms with Crippen molar-refractivity contribution in [1.82, 2.24) is 10.2 Å². The summed E-state index contributed by atoms with van der Waals surface area (Å²) in [6, 6.07) is 2.17. The second kappa shape index (κ2) is 6.88. The Morgan fingerprint density at radius 2 is 2.06 bits per heavy atom. The van der Waals surface area contributed by atoms with Crippen LogP contribution in [0, 0.1) is 5.92 Å². The number of hydrogen-bond acceptors (Lipinski definition) is 3. The molecule has 0 aliphatic heterocycles. The van der Waals surface area contributed by atoms with Crippen LogP contribution < -0.4 is 5.32 Å². The lowest BCUT2D eigenvalue weighted by Crippen LogP contribution is -2.52. The predicted octanol–water partition coefficient (Wildman–Crippen LogP) is 2.26. The summed E-state index contributed by atoms with van der Waals surface area (Å²) in [4.78, 5) is 2.74. The minimum absolute atomic E-state index is 0.702. The van der Waals surface area contributed by atoms with Crippen LogP contribution in [-0.4, -0.2) is 49.8 Å². The molecule has 0 aromatic heterocycles. The van der Waals surface area contributed by atoms with Crippen molar-refractivity contribution in [2.45, 2.75) is 64.1 Å². The van der Waals surface area contributed by atoms with Gasteiger partial charge < -0.3 is 10.1 Å². The van der Waals surface area contributed by atoms with Gasteiger partial charge in [-0.15, -0.1) is 0 Å². The zero-order valence-corrected chi connectivity index (χ0v) is 12.3. The van der Waals surface area contributed by atoms with Crippen LogP contribution in [-0.2, 0) is 4.74 Å². The molecule has 18 heavy (non-hydrogen) atoms. The first-order valence-electron chi connectivity index (χ1n) is 7.76. The van der Waals surface area contributed by atoms with Crippen molar-refractivity contribution in [2.75, 3.05) is 26.8 Å². The van der Waals surface area contributed by atoms with Crippen molar-refractivity contribution in [3.8, 4) is 0 Å². The third kappa shape index (κ3) is 3.46. The molecule has 0 radical (unpaired) electrons. The van der Waals surface area contributed by atoms with E-state index in [1.165, 1.54) is 32.1 Å². The molecule has 0 spiro atoms. The van der Waals surface area contributed by atoms with E-state index in [9.17, 15) is 0 Å². The molecule has 0 saturated heterocycles. The highest BCUT2D eigenvalue weighted by Crippen LogP contribution is 2.38. The molecule has 0 aromatic rings. The average Bonchev–Trinajstić information content (AvgIpc) is 3.13. The van der Waals surface area contributed by atoms with Crippen molar-refractivity contribution >= 4 is 0 Å². The molecule has 3 nitrogen and oxygen atoms in total. The fourth-order valence-corrected chi connectivity index (χ4v) is 3.56. The van der Waals surface area contributed by atoms with Gasteiger partial charge in [-0.2, -0.15) is 0 Å². The molecular formula is C15H30N2O. The SMILES string of the molecule is CCNC1CCCC1N(CCOC)C(C)C1CC1. The van der Waals surface area contributed by atoms with Crippen LogP contribution in [0.2, 0.25) is 0 Å². The Kier molecular flexibility index (Phi) is 5.46. The molecule has 0 bridgehead atoms. The zero-order chi connectivity index (χ0) is 13.0. The van der Waals surface area contributed by atoms with Gasteiger partial charge in [0, 0.05) is 31.8 Å². The second-order valence-electron chi connectivity index (χ2n) is 5.97. The van der Waals surface area contributed by atoms with E-state index in [1.54, 1.807) is 0 Å². The molecule has 1 N–H and O–H groups in total. The Morgan fingerprint density at radius 3 is 2.67 bits per heavy atom. The fourth-order valence-electron chi connectivity index (χ4n) is 3.56.